The minimum atomic E-state index is -0.841. The normalized spacial score (nSPS) is 15.5. The lowest BCUT2D eigenvalue weighted by Crippen LogP contribution is -2.39. The maximum atomic E-state index is 13.2. The number of rotatable bonds is 5. The van der Waals surface area contributed by atoms with E-state index in [2.05, 4.69) is 10.4 Å². The molecule has 0 spiro atoms. The van der Waals surface area contributed by atoms with Gasteiger partial charge in [-0.05, 0) is 60.3 Å². The molecule has 0 aromatic heterocycles. The quantitative estimate of drug-likeness (QED) is 0.711. The van der Waals surface area contributed by atoms with Gasteiger partial charge in [0.2, 0.25) is 5.91 Å². The standard InChI is InChI=1S/C20H20FN5O3S/c1-25(2)20(29)30-15-9-5-13(6-10-15)23-19(28)16-11-17(18(22)27)26(24-16)14-7-3-12(21)4-8-14/h3-10,17H,11H2,1-2H3,(H2,22,27)(H,23,28). The van der Waals surface area contributed by atoms with E-state index in [0.717, 1.165) is 16.7 Å². The second kappa shape index (κ2) is 8.95. The first kappa shape index (κ1) is 21.3. The summed E-state index contributed by atoms with van der Waals surface area (Å²) < 4.78 is 13.2. The second-order valence-electron chi connectivity index (χ2n) is 6.73. The van der Waals surface area contributed by atoms with E-state index in [9.17, 15) is 18.8 Å². The van der Waals surface area contributed by atoms with Gasteiger partial charge in [-0.3, -0.25) is 19.4 Å². The molecule has 10 heteroatoms. The second-order valence-corrected chi connectivity index (χ2v) is 7.76. The molecule has 0 saturated carbocycles. The van der Waals surface area contributed by atoms with E-state index in [-0.39, 0.29) is 17.4 Å². The number of anilines is 2. The highest BCUT2D eigenvalue weighted by molar-refractivity contribution is 8.13. The largest absolute Gasteiger partial charge is 0.368 e. The Morgan fingerprint density at radius 1 is 1.13 bits per heavy atom. The maximum absolute atomic E-state index is 13.2. The number of nitrogens with zero attached hydrogens (tertiary/aromatic N) is 3. The Morgan fingerprint density at radius 3 is 2.33 bits per heavy atom. The third kappa shape index (κ3) is 4.95. The van der Waals surface area contributed by atoms with E-state index in [1.54, 1.807) is 38.4 Å². The fourth-order valence-corrected chi connectivity index (χ4v) is 3.36. The summed E-state index contributed by atoms with van der Waals surface area (Å²) in [4.78, 5) is 38.4. The van der Waals surface area contributed by atoms with Gasteiger partial charge in [0.1, 0.15) is 17.6 Å². The summed E-state index contributed by atoms with van der Waals surface area (Å²) in [7, 11) is 3.33. The molecule has 3 amide bonds. The summed E-state index contributed by atoms with van der Waals surface area (Å²) in [6.07, 6.45) is 0.0316. The molecule has 30 heavy (non-hydrogen) atoms. The van der Waals surface area contributed by atoms with Gasteiger partial charge in [0, 0.05) is 31.1 Å². The Hall–Kier alpha value is -3.40. The van der Waals surface area contributed by atoms with E-state index >= 15 is 0 Å². The lowest BCUT2D eigenvalue weighted by Gasteiger charge is -2.20. The third-order valence-corrected chi connectivity index (χ3v) is 5.32. The first-order valence-electron chi connectivity index (χ1n) is 8.96. The van der Waals surface area contributed by atoms with Crippen molar-refractivity contribution in [3.8, 4) is 0 Å². The van der Waals surface area contributed by atoms with Crippen molar-refractivity contribution >= 4 is 45.9 Å². The molecule has 3 rings (SSSR count). The molecule has 2 aromatic carbocycles. The average Bonchev–Trinajstić information content (AvgIpc) is 3.16. The van der Waals surface area contributed by atoms with E-state index in [1.807, 2.05) is 0 Å². The van der Waals surface area contributed by atoms with Crippen LogP contribution in [0.5, 0.6) is 0 Å². The molecule has 1 atom stereocenters. The molecule has 0 fully saturated rings. The molecule has 0 saturated heterocycles. The third-order valence-electron chi connectivity index (χ3n) is 4.27. The van der Waals surface area contributed by atoms with Crippen molar-refractivity contribution in [2.75, 3.05) is 24.4 Å². The van der Waals surface area contributed by atoms with Crippen molar-refractivity contribution < 1.29 is 18.8 Å². The zero-order valence-corrected chi connectivity index (χ0v) is 17.1. The summed E-state index contributed by atoms with van der Waals surface area (Å²) in [5, 5.41) is 8.15. The molecule has 1 aliphatic rings. The van der Waals surface area contributed by atoms with Gasteiger partial charge in [-0.2, -0.15) is 5.10 Å². The van der Waals surface area contributed by atoms with E-state index < -0.39 is 23.7 Å². The van der Waals surface area contributed by atoms with Gasteiger partial charge in [-0.1, -0.05) is 0 Å². The van der Waals surface area contributed by atoms with E-state index in [1.165, 1.54) is 34.2 Å². The lowest BCUT2D eigenvalue weighted by molar-refractivity contribution is -0.119. The number of primary amides is 1. The number of amides is 3. The van der Waals surface area contributed by atoms with Crippen LogP contribution in [0.3, 0.4) is 0 Å². The first-order valence-corrected chi connectivity index (χ1v) is 9.78. The number of nitrogens with one attached hydrogen (secondary N) is 1. The molecule has 1 heterocycles. The highest BCUT2D eigenvalue weighted by Crippen LogP contribution is 2.26. The van der Waals surface area contributed by atoms with Gasteiger partial charge in [0.25, 0.3) is 11.1 Å². The number of thioether (sulfide) groups is 1. The van der Waals surface area contributed by atoms with Gasteiger partial charge in [0.15, 0.2) is 0 Å². The Kier molecular flexibility index (Phi) is 6.36. The summed E-state index contributed by atoms with van der Waals surface area (Å²) >= 11 is 1.07. The van der Waals surface area contributed by atoms with Crippen molar-refractivity contribution in [1.29, 1.82) is 0 Å². The van der Waals surface area contributed by atoms with Crippen molar-refractivity contribution in [2.45, 2.75) is 17.4 Å². The molecular formula is C20H20FN5O3S. The lowest BCUT2D eigenvalue weighted by atomic mass is 10.1. The van der Waals surface area contributed by atoms with Crippen LogP contribution in [0, 0.1) is 5.82 Å². The number of benzene rings is 2. The topological polar surface area (TPSA) is 108 Å². The van der Waals surface area contributed by atoms with Gasteiger partial charge in [-0.15, -0.1) is 0 Å². The van der Waals surface area contributed by atoms with Gasteiger partial charge in [0.05, 0.1) is 5.69 Å². The van der Waals surface area contributed by atoms with Crippen molar-refractivity contribution in [2.24, 2.45) is 10.8 Å². The highest BCUT2D eigenvalue weighted by atomic mass is 32.2. The van der Waals surface area contributed by atoms with Crippen LogP contribution < -0.4 is 16.1 Å². The minimum Gasteiger partial charge on any atom is -0.368 e. The van der Waals surface area contributed by atoms with Crippen molar-refractivity contribution in [3.63, 3.8) is 0 Å². The first-order chi connectivity index (χ1) is 14.2. The number of nitrogens with two attached hydrogens (primary N) is 1. The average molecular weight is 429 g/mol. The molecule has 8 nitrogen and oxygen atoms in total. The Bertz CT molecular complexity index is 993. The zero-order valence-electron chi connectivity index (χ0n) is 16.3. The summed E-state index contributed by atoms with van der Waals surface area (Å²) in [5.74, 6) is -1.54. The molecule has 1 aliphatic heterocycles. The highest BCUT2D eigenvalue weighted by Gasteiger charge is 2.35. The fraction of sp³-hybridized carbons (Fsp3) is 0.200. The predicted octanol–water partition coefficient (Wildman–Crippen LogP) is 2.66. The minimum absolute atomic E-state index is 0.0316. The molecule has 0 radical (unpaired) electrons. The SMILES string of the molecule is CN(C)C(=O)Sc1ccc(NC(=O)C2=NN(c3ccc(F)cc3)C(C(N)=O)C2)cc1. The van der Waals surface area contributed by atoms with Crippen LogP contribution in [-0.2, 0) is 9.59 Å². The number of carbonyl (C=O) groups is 3. The molecule has 0 aliphatic carbocycles. The maximum Gasteiger partial charge on any atom is 0.285 e. The zero-order chi connectivity index (χ0) is 21.8. The number of hydrazone groups is 1. The Labute approximate surface area is 176 Å². The van der Waals surface area contributed by atoms with E-state index in [4.69, 9.17) is 5.73 Å². The van der Waals surface area contributed by atoms with Crippen LogP contribution in [0.2, 0.25) is 0 Å². The molecule has 3 N–H and O–H groups in total. The Morgan fingerprint density at radius 2 is 1.77 bits per heavy atom. The summed E-state index contributed by atoms with van der Waals surface area (Å²) in [5.41, 5.74) is 6.55. The summed E-state index contributed by atoms with van der Waals surface area (Å²) in [6, 6.07) is 11.3. The number of halogens is 1. The summed E-state index contributed by atoms with van der Waals surface area (Å²) in [6.45, 7) is 0. The predicted molar refractivity (Wildman–Crippen MR) is 114 cm³/mol. The van der Waals surface area contributed by atoms with Crippen LogP contribution in [0.1, 0.15) is 6.42 Å². The number of hydrogen-bond donors (Lipinski definition) is 2. The smallest absolute Gasteiger partial charge is 0.285 e. The van der Waals surface area contributed by atoms with Crippen LogP contribution >= 0.6 is 11.8 Å². The van der Waals surface area contributed by atoms with Crippen molar-refractivity contribution in [1.82, 2.24) is 4.90 Å². The van der Waals surface area contributed by atoms with Crippen LogP contribution in [0.15, 0.2) is 58.5 Å². The molecule has 0 bridgehead atoms. The van der Waals surface area contributed by atoms with Crippen LogP contribution in [-0.4, -0.2) is 47.8 Å². The number of carbonyl (C=O) groups excluding carboxylic acids is 3. The van der Waals surface area contributed by atoms with Gasteiger partial charge >= 0.3 is 0 Å². The Balaban J connectivity index is 1.71. The molecular weight excluding hydrogens is 409 g/mol. The van der Waals surface area contributed by atoms with Gasteiger partial charge < -0.3 is 16.0 Å². The van der Waals surface area contributed by atoms with Crippen LogP contribution in [0.4, 0.5) is 20.6 Å². The molecule has 2 aromatic rings. The monoisotopic (exact) mass is 429 g/mol. The molecule has 156 valence electrons. The van der Waals surface area contributed by atoms with Crippen molar-refractivity contribution in [3.05, 3.63) is 54.3 Å². The van der Waals surface area contributed by atoms with E-state index in [0.29, 0.717) is 11.4 Å². The fourth-order valence-electron chi connectivity index (χ4n) is 2.70. The molecule has 1 unspecified atom stereocenters. The number of hydrogen-bond acceptors (Lipinski definition) is 6. The van der Waals surface area contributed by atoms with Gasteiger partial charge in [-0.25, -0.2) is 4.39 Å². The van der Waals surface area contributed by atoms with Crippen LogP contribution in [0.25, 0.3) is 0 Å².